The Morgan fingerprint density at radius 2 is 2.10 bits per heavy atom. The van der Waals surface area contributed by atoms with Crippen LogP contribution in [0.5, 0.6) is 0 Å². The van der Waals surface area contributed by atoms with Gasteiger partial charge in [-0.2, -0.15) is 5.10 Å². The number of nitrogens with zero attached hydrogens (tertiary/aromatic N) is 2. The van der Waals surface area contributed by atoms with Crippen molar-refractivity contribution in [1.29, 1.82) is 0 Å². The molecular formula is C15H19Cl2N3. The van der Waals surface area contributed by atoms with Crippen LogP contribution in [0, 0.1) is 6.92 Å². The molecule has 0 saturated heterocycles. The van der Waals surface area contributed by atoms with Gasteiger partial charge in [0.15, 0.2) is 0 Å². The zero-order chi connectivity index (χ0) is 14.7. The number of benzene rings is 1. The lowest BCUT2D eigenvalue weighted by molar-refractivity contribution is 0.534. The number of halogens is 2. The third kappa shape index (κ3) is 3.00. The molecule has 1 atom stereocenters. The second-order valence-corrected chi connectivity index (χ2v) is 5.67. The quantitative estimate of drug-likeness (QED) is 0.896. The highest BCUT2D eigenvalue weighted by atomic mass is 35.5. The van der Waals surface area contributed by atoms with E-state index in [0.717, 1.165) is 29.2 Å². The summed E-state index contributed by atoms with van der Waals surface area (Å²) in [5.41, 5.74) is 3.29. The Bertz CT molecular complexity index is 593. The zero-order valence-electron chi connectivity index (χ0n) is 12.0. The monoisotopic (exact) mass is 311 g/mol. The van der Waals surface area contributed by atoms with Crippen LogP contribution < -0.4 is 5.32 Å². The summed E-state index contributed by atoms with van der Waals surface area (Å²) >= 11 is 12.5. The van der Waals surface area contributed by atoms with E-state index in [2.05, 4.69) is 24.3 Å². The van der Waals surface area contributed by atoms with Crippen molar-refractivity contribution in [2.45, 2.75) is 32.9 Å². The van der Waals surface area contributed by atoms with E-state index in [4.69, 9.17) is 23.2 Å². The molecule has 0 fully saturated rings. The van der Waals surface area contributed by atoms with Gasteiger partial charge in [0.2, 0.25) is 0 Å². The predicted octanol–water partition coefficient (Wildman–Crippen LogP) is 4.22. The maximum absolute atomic E-state index is 6.34. The first-order chi connectivity index (χ1) is 9.58. The molecule has 1 N–H and O–H groups in total. The summed E-state index contributed by atoms with van der Waals surface area (Å²) < 4.78 is 1.96. The van der Waals surface area contributed by atoms with E-state index in [1.54, 1.807) is 6.20 Å². The first-order valence-corrected chi connectivity index (χ1v) is 7.48. The molecule has 0 aliphatic carbocycles. The predicted molar refractivity (Wildman–Crippen MR) is 84.6 cm³/mol. The van der Waals surface area contributed by atoms with Gasteiger partial charge in [-0.15, -0.1) is 0 Å². The van der Waals surface area contributed by atoms with Crippen LogP contribution >= 0.6 is 23.2 Å². The number of rotatable bonds is 5. The standard InChI is InChI=1S/C15H19Cl2N3/c1-4-7-20-15(13(17)9-19-20)14(18-3)12-8-11(16)6-5-10(12)2/h5-6,8-9,14,18H,4,7H2,1-3H3. The van der Waals surface area contributed by atoms with Crippen LogP contribution in [0.1, 0.15) is 36.2 Å². The Labute approximate surface area is 129 Å². The molecule has 0 amide bonds. The van der Waals surface area contributed by atoms with E-state index in [-0.39, 0.29) is 6.04 Å². The molecule has 0 radical (unpaired) electrons. The van der Waals surface area contributed by atoms with Gasteiger partial charge in [-0.3, -0.25) is 4.68 Å². The van der Waals surface area contributed by atoms with Crippen molar-refractivity contribution in [2.75, 3.05) is 7.05 Å². The van der Waals surface area contributed by atoms with Crippen molar-refractivity contribution in [3.05, 3.63) is 51.3 Å². The molecule has 0 spiro atoms. The topological polar surface area (TPSA) is 29.9 Å². The average molecular weight is 312 g/mol. The van der Waals surface area contributed by atoms with Gasteiger partial charge in [-0.25, -0.2) is 0 Å². The van der Waals surface area contributed by atoms with E-state index in [0.29, 0.717) is 5.02 Å². The summed E-state index contributed by atoms with van der Waals surface area (Å²) in [5, 5.41) is 9.09. The van der Waals surface area contributed by atoms with Crippen molar-refractivity contribution in [1.82, 2.24) is 15.1 Å². The molecule has 2 rings (SSSR count). The highest BCUT2D eigenvalue weighted by Gasteiger charge is 2.22. The summed E-state index contributed by atoms with van der Waals surface area (Å²) in [6.45, 7) is 5.04. The van der Waals surface area contributed by atoms with Crippen molar-refractivity contribution in [3.8, 4) is 0 Å². The molecule has 0 aliphatic rings. The fraction of sp³-hybridized carbons (Fsp3) is 0.400. The molecule has 1 heterocycles. The number of hydrogen-bond acceptors (Lipinski definition) is 2. The highest BCUT2D eigenvalue weighted by molar-refractivity contribution is 6.31. The van der Waals surface area contributed by atoms with Gasteiger partial charge < -0.3 is 5.32 Å². The van der Waals surface area contributed by atoms with Crippen LogP contribution in [0.4, 0.5) is 0 Å². The van der Waals surface area contributed by atoms with E-state index in [1.165, 1.54) is 5.56 Å². The Hall–Kier alpha value is -1.03. The van der Waals surface area contributed by atoms with Gasteiger partial charge in [0.05, 0.1) is 23.0 Å². The van der Waals surface area contributed by atoms with Gasteiger partial charge in [0, 0.05) is 11.6 Å². The molecule has 0 saturated carbocycles. The van der Waals surface area contributed by atoms with Gasteiger partial charge >= 0.3 is 0 Å². The molecule has 1 unspecified atom stereocenters. The third-order valence-corrected chi connectivity index (χ3v) is 3.91. The lowest BCUT2D eigenvalue weighted by Gasteiger charge is -2.21. The second-order valence-electron chi connectivity index (χ2n) is 4.82. The Kier molecular flexibility index (Phi) is 5.08. The summed E-state index contributed by atoms with van der Waals surface area (Å²) in [6.07, 6.45) is 2.72. The van der Waals surface area contributed by atoms with Gasteiger partial charge in [-0.1, -0.05) is 36.2 Å². The smallest absolute Gasteiger partial charge is 0.0837 e. The number of aryl methyl sites for hydroxylation is 2. The largest absolute Gasteiger partial charge is 0.308 e. The first-order valence-electron chi connectivity index (χ1n) is 6.73. The van der Waals surface area contributed by atoms with Crippen LogP contribution in [-0.4, -0.2) is 16.8 Å². The van der Waals surface area contributed by atoms with E-state index >= 15 is 0 Å². The van der Waals surface area contributed by atoms with E-state index in [9.17, 15) is 0 Å². The lowest BCUT2D eigenvalue weighted by Crippen LogP contribution is -2.23. The fourth-order valence-electron chi connectivity index (χ4n) is 2.41. The van der Waals surface area contributed by atoms with E-state index in [1.807, 2.05) is 29.9 Å². The van der Waals surface area contributed by atoms with Crippen LogP contribution in [0.15, 0.2) is 24.4 Å². The second kappa shape index (κ2) is 6.61. The number of nitrogens with one attached hydrogen (secondary N) is 1. The molecule has 3 nitrogen and oxygen atoms in total. The van der Waals surface area contributed by atoms with Crippen LogP contribution in [0.3, 0.4) is 0 Å². The van der Waals surface area contributed by atoms with Gasteiger partial charge in [0.1, 0.15) is 0 Å². The normalized spacial score (nSPS) is 12.7. The van der Waals surface area contributed by atoms with Crippen molar-refractivity contribution < 1.29 is 0 Å². The molecule has 0 bridgehead atoms. The summed E-state index contributed by atoms with van der Waals surface area (Å²) in [7, 11) is 1.92. The van der Waals surface area contributed by atoms with Crippen LogP contribution in [-0.2, 0) is 6.54 Å². The average Bonchev–Trinajstić information content (AvgIpc) is 2.77. The van der Waals surface area contributed by atoms with Gasteiger partial charge in [-0.05, 0) is 43.7 Å². The SMILES string of the molecule is CCCn1ncc(Cl)c1C(NC)c1cc(Cl)ccc1C. The summed E-state index contributed by atoms with van der Waals surface area (Å²) in [6, 6.07) is 5.89. The molecule has 1 aromatic heterocycles. The van der Waals surface area contributed by atoms with Crippen LogP contribution in [0.2, 0.25) is 10.0 Å². The molecular weight excluding hydrogens is 293 g/mol. The van der Waals surface area contributed by atoms with Crippen molar-refractivity contribution in [3.63, 3.8) is 0 Å². The summed E-state index contributed by atoms with van der Waals surface area (Å²) in [5.74, 6) is 0. The minimum atomic E-state index is -0.0183. The lowest BCUT2D eigenvalue weighted by atomic mass is 9.98. The molecule has 1 aromatic carbocycles. The highest BCUT2D eigenvalue weighted by Crippen LogP contribution is 2.31. The van der Waals surface area contributed by atoms with Gasteiger partial charge in [0.25, 0.3) is 0 Å². The fourth-order valence-corrected chi connectivity index (χ4v) is 2.84. The van der Waals surface area contributed by atoms with Crippen molar-refractivity contribution in [2.24, 2.45) is 0 Å². The summed E-state index contributed by atoms with van der Waals surface area (Å²) in [4.78, 5) is 0. The Balaban J connectivity index is 2.52. The molecule has 20 heavy (non-hydrogen) atoms. The zero-order valence-corrected chi connectivity index (χ0v) is 13.5. The number of hydrogen-bond donors (Lipinski definition) is 1. The minimum absolute atomic E-state index is 0.0183. The van der Waals surface area contributed by atoms with Crippen molar-refractivity contribution >= 4 is 23.2 Å². The maximum Gasteiger partial charge on any atom is 0.0837 e. The first kappa shape index (κ1) is 15.4. The minimum Gasteiger partial charge on any atom is -0.308 e. The molecule has 2 aromatic rings. The molecule has 5 heteroatoms. The Morgan fingerprint density at radius 1 is 1.35 bits per heavy atom. The number of aromatic nitrogens is 2. The Morgan fingerprint density at radius 3 is 2.75 bits per heavy atom. The van der Waals surface area contributed by atoms with E-state index < -0.39 is 0 Å². The maximum atomic E-state index is 6.34. The third-order valence-electron chi connectivity index (χ3n) is 3.38. The molecule has 108 valence electrons. The van der Waals surface area contributed by atoms with Crippen LogP contribution in [0.25, 0.3) is 0 Å². The molecule has 0 aliphatic heterocycles.